The van der Waals surface area contributed by atoms with E-state index < -0.39 is 26.7 Å². The fourth-order valence-electron chi connectivity index (χ4n) is 3.31. The van der Waals surface area contributed by atoms with E-state index in [1.165, 1.54) is 6.20 Å². The fourth-order valence-corrected chi connectivity index (χ4v) is 4.78. The maximum Gasteiger partial charge on any atom is 0.416 e. The zero-order valence-electron chi connectivity index (χ0n) is 16.6. The molecule has 1 aromatic carbocycles. The molecule has 0 unspecified atom stereocenters. The van der Waals surface area contributed by atoms with Crippen LogP contribution < -0.4 is 10.5 Å². The van der Waals surface area contributed by atoms with Crippen LogP contribution in [0.2, 0.25) is 0 Å². The number of aromatic nitrogens is 2. The van der Waals surface area contributed by atoms with E-state index in [2.05, 4.69) is 4.98 Å². The zero-order chi connectivity index (χ0) is 22.1. The quantitative estimate of drug-likeness (QED) is 0.708. The summed E-state index contributed by atoms with van der Waals surface area (Å²) in [6, 6.07) is 3.71. The number of piperazine rings is 1. The second kappa shape index (κ2) is 8.38. The number of benzene rings is 1. The van der Waals surface area contributed by atoms with Crippen molar-refractivity contribution in [1.82, 2.24) is 13.9 Å². The number of halogens is 3. The van der Waals surface area contributed by atoms with Crippen molar-refractivity contribution in [2.24, 2.45) is 5.92 Å². The van der Waals surface area contributed by atoms with Crippen molar-refractivity contribution in [3.63, 3.8) is 0 Å². The summed E-state index contributed by atoms with van der Waals surface area (Å²) in [5, 5.41) is 0. The van der Waals surface area contributed by atoms with E-state index in [0.29, 0.717) is 12.6 Å². The summed E-state index contributed by atoms with van der Waals surface area (Å²) < 4.78 is 67.1. The number of nitrogens with zero attached hydrogens (tertiary/aromatic N) is 4. The van der Waals surface area contributed by atoms with E-state index in [1.807, 2.05) is 13.8 Å². The summed E-state index contributed by atoms with van der Waals surface area (Å²) in [4.78, 5) is 18.1. The van der Waals surface area contributed by atoms with Crippen LogP contribution in [0.1, 0.15) is 19.4 Å². The molecule has 0 amide bonds. The Hall–Kier alpha value is -2.40. The lowest BCUT2D eigenvalue weighted by Crippen LogP contribution is -2.50. The number of alkyl halides is 3. The Balaban J connectivity index is 1.77. The van der Waals surface area contributed by atoms with E-state index >= 15 is 0 Å². The standard InChI is InChI=1S/C19H23F3N4O3S/c1-14(2)13-25-7-6-23-17(18(25)27)24-8-10-26(11-9-24)30(28,29)16-5-3-4-15(12-16)19(20,21)22/h3-7,12,14H,8-11,13H2,1-2H3. The number of sulfonamides is 1. The van der Waals surface area contributed by atoms with Crippen LogP contribution in [0, 0.1) is 5.92 Å². The van der Waals surface area contributed by atoms with Gasteiger partial charge < -0.3 is 9.47 Å². The third kappa shape index (κ3) is 4.67. The van der Waals surface area contributed by atoms with Gasteiger partial charge >= 0.3 is 6.18 Å². The van der Waals surface area contributed by atoms with Gasteiger partial charge in [0, 0.05) is 45.1 Å². The van der Waals surface area contributed by atoms with Crippen LogP contribution in [0.4, 0.5) is 19.0 Å². The first-order chi connectivity index (χ1) is 14.0. The predicted molar refractivity (Wildman–Crippen MR) is 106 cm³/mol. The summed E-state index contributed by atoms with van der Waals surface area (Å²) in [5.41, 5.74) is -1.26. The highest BCUT2D eigenvalue weighted by Gasteiger charge is 2.34. The Bertz CT molecular complexity index is 1060. The van der Waals surface area contributed by atoms with Gasteiger partial charge in [-0.15, -0.1) is 0 Å². The fraction of sp³-hybridized carbons (Fsp3) is 0.474. The third-order valence-electron chi connectivity index (χ3n) is 4.79. The summed E-state index contributed by atoms with van der Waals surface area (Å²) in [7, 11) is -4.08. The van der Waals surface area contributed by atoms with E-state index in [4.69, 9.17) is 0 Å². The minimum atomic E-state index is -4.63. The Kier molecular flexibility index (Phi) is 6.23. The van der Waals surface area contributed by atoms with Crippen LogP contribution in [-0.4, -0.2) is 48.5 Å². The number of anilines is 1. The molecular formula is C19H23F3N4O3S. The molecule has 30 heavy (non-hydrogen) atoms. The van der Waals surface area contributed by atoms with Gasteiger partial charge in [0.25, 0.3) is 5.56 Å². The molecule has 7 nitrogen and oxygen atoms in total. The minimum absolute atomic E-state index is 0.0405. The smallest absolute Gasteiger partial charge is 0.349 e. The molecule has 1 aliphatic rings. The summed E-state index contributed by atoms with van der Waals surface area (Å²) in [5.74, 6) is 0.515. The Morgan fingerprint density at radius 1 is 1.13 bits per heavy atom. The molecule has 2 aromatic rings. The molecule has 0 bridgehead atoms. The summed E-state index contributed by atoms with van der Waals surface area (Å²) in [6.45, 7) is 5.03. The third-order valence-corrected chi connectivity index (χ3v) is 6.69. The molecule has 1 aliphatic heterocycles. The van der Waals surface area contributed by atoms with Crippen LogP contribution in [-0.2, 0) is 22.7 Å². The van der Waals surface area contributed by atoms with Crippen LogP contribution in [0.3, 0.4) is 0 Å². The van der Waals surface area contributed by atoms with Gasteiger partial charge in [-0.1, -0.05) is 19.9 Å². The van der Waals surface area contributed by atoms with Gasteiger partial charge in [0.1, 0.15) is 0 Å². The monoisotopic (exact) mass is 444 g/mol. The van der Waals surface area contributed by atoms with E-state index in [1.54, 1.807) is 15.7 Å². The molecule has 164 valence electrons. The zero-order valence-corrected chi connectivity index (χ0v) is 17.4. The van der Waals surface area contributed by atoms with E-state index in [0.717, 1.165) is 22.5 Å². The Labute approximate surface area is 172 Å². The summed E-state index contributed by atoms with van der Waals surface area (Å²) in [6.07, 6.45) is -1.48. The number of hydrogen-bond acceptors (Lipinski definition) is 5. The van der Waals surface area contributed by atoms with Gasteiger partial charge in [0.15, 0.2) is 5.82 Å². The van der Waals surface area contributed by atoms with E-state index in [9.17, 15) is 26.4 Å². The maximum atomic E-state index is 12.9. The van der Waals surface area contributed by atoms with E-state index in [-0.39, 0.29) is 43.5 Å². The largest absolute Gasteiger partial charge is 0.416 e. The number of hydrogen-bond donors (Lipinski definition) is 0. The van der Waals surface area contributed by atoms with Crippen LogP contribution in [0.15, 0.2) is 46.3 Å². The van der Waals surface area contributed by atoms with Crippen molar-refractivity contribution in [2.45, 2.75) is 31.5 Å². The SMILES string of the molecule is CC(C)Cn1ccnc(N2CCN(S(=O)(=O)c3cccc(C(F)(F)F)c3)CC2)c1=O. The normalized spacial score (nSPS) is 16.3. The highest BCUT2D eigenvalue weighted by atomic mass is 32.2. The Morgan fingerprint density at radius 2 is 1.80 bits per heavy atom. The molecule has 1 saturated heterocycles. The van der Waals surface area contributed by atoms with Gasteiger partial charge in [0.05, 0.1) is 10.5 Å². The molecule has 0 aliphatic carbocycles. The molecule has 3 rings (SSSR count). The van der Waals surface area contributed by atoms with Gasteiger partial charge in [-0.2, -0.15) is 17.5 Å². The summed E-state index contributed by atoms with van der Waals surface area (Å²) >= 11 is 0. The molecule has 0 atom stereocenters. The first kappa shape index (κ1) is 22.3. The molecule has 11 heteroatoms. The highest BCUT2D eigenvalue weighted by molar-refractivity contribution is 7.89. The van der Waals surface area contributed by atoms with Gasteiger partial charge in [0.2, 0.25) is 10.0 Å². The minimum Gasteiger partial charge on any atom is -0.349 e. The number of rotatable bonds is 5. The van der Waals surface area contributed by atoms with Crippen LogP contribution in [0.5, 0.6) is 0 Å². The first-order valence-corrected chi connectivity index (χ1v) is 10.9. The molecule has 1 fully saturated rings. The van der Waals surface area contributed by atoms with Crippen molar-refractivity contribution >= 4 is 15.8 Å². The average molecular weight is 444 g/mol. The average Bonchev–Trinajstić information content (AvgIpc) is 2.69. The molecule has 0 spiro atoms. The van der Waals surface area contributed by atoms with Crippen molar-refractivity contribution < 1.29 is 21.6 Å². The molecule has 0 saturated carbocycles. The lowest BCUT2D eigenvalue weighted by atomic mass is 10.2. The lowest BCUT2D eigenvalue weighted by Gasteiger charge is -2.34. The lowest BCUT2D eigenvalue weighted by molar-refractivity contribution is -0.137. The van der Waals surface area contributed by atoms with Crippen molar-refractivity contribution in [3.8, 4) is 0 Å². The second-order valence-corrected chi connectivity index (χ2v) is 9.46. The predicted octanol–water partition coefficient (Wildman–Crippen LogP) is 2.43. The molecule has 1 aromatic heterocycles. The first-order valence-electron chi connectivity index (χ1n) is 9.48. The topological polar surface area (TPSA) is 75.5 Å². The molecule has 0 N–H and O–H groups in total. The van der Waals surface area contributed by atoms with Crippen molar-refractivity contribution in [1.29, 1.82) is 0 Å². The van der Waals surface area contributed by atoms with Gasteiger partial charge in [-0.25, -0.2) is 13.4 Å². The molecular weight excluding hydrogens is 421 g/mol. The molecule has 2 heterocycles. The highest BCUT2D eigenvalue weighted by Crippen LogP contribution is 2.31. The van der Waals surface area contributed by atoms with Crippen molar-refractivity contribution in [2.75, 3.05) is 31.1 Å². The van der Waals surface area contributed by atoms with Crippen molar-refractivity contribution in [3.05, 3.63) is 52.6 Å². The van der Waals surface area contributed by atoms with Gasteiger partial charge in [-0.05, 0) is 24.1 Å². The van der Waals surface area contributed by atoms with Gasteiger partial charge in [-0.3, -0.25) is 4.79 Å². The second-order valence-electron chi connectivity index (χ2n) is 7.52. The Morgan fingerprint density at radius 3 is 2.40 bits per heavy atom. The van der Waals surface area contributed by atoms with Crippen LogP contribution >= 0.6 is 0 Å². The maximum absolute atomic E-state index is 12.9. The van der Waals surface area contributed by atoms with Crippen LogP contribution in [0.25, 0.3) is 0 Å². The molecule has 0 radical (unpaired) electrons.